The molecule has 1 aliphatic carbocycles. The summed E-state index contributed by atoms with van der Waals surface area (Å²) in [5.74, 6) is -0.613. The normalized spacial score (nSPS) is 26.1. The first-order chi connectivity index (χ1) is 8.12. The van der Waals surface area contributed by atoms with Gasteiger partial charge in [-0.1, -0.05) is 20.8 Å². The summed E-state index contributed by atoms with van der Waals surface area (Å²) in [5, 5.41) is 10.8. The van der Waals surface area contributed by atoms with E-state index >= 15 is 0 Å². The summed E-state index contributed by atoms with van der Waals surface area (Å²) >= 11 is 0. The number of rotatable bonds is 4. The van der Waals surface area contributed by atoms with Gasteiger partial charge in [-0.2, -0.15) is 0 Å². The first-order valence-electron chi connectivity index (χ1n) is 6.99. The predicted molar refractivity (Wildman–Crippen MR) is 73.7 cm³/mol. The van der Waals surface area contributed by atoms with Crippen molar-refractivity contribution in [3.8, 4) is 0 Å². The number of hydrogen-bond donors (Lipinski definition) is 0. The molecule has 0 bridgehead atoms. The van der Waals surface area contributed by atoms with Gasteiger partial charge in [-0.05, 0) is 56.2 Å². The molecule has 0 saturated heterocycles. The molecule has 1 aliphatic rings. The molecular weight excluding hydrogens is 244 g/mol. The number of carboxylic acids is 1. The fourth-order valence-corrected chi connectivity index (χ4v) is 3.71. The number of carboxylic acid groups (broad SMARTS) is 1. The molecule has 3 nitrogen and oxygen atoms in total. The summed E-state index contributed by atoms with van der Waals surface area (Å²) in [7, 11) is -1.67. The molecule has 106 valence electrons. The highest BCUT2D eigenvalue weighted by molar-refractivity contribution is 6.74. The van der Waals surface area contributed by atoms with Crippen LogP contribution in [0.15, 0.2) is 0 Å². The Bertz CT molecular complexity index is 286. The minimum atomic E-state index is -1.67. The van der Waals surface area contributed by atoms with E-state index in [1.165, 1.54) is 0 Å². The molecule has 1 fully saturated rings. The van der Waals surface area contributed by atoms with Crippen molar-refractivity contribution in [3.05, 3.63) is 0 Å². The number of carbonyl (C=O) groups excluding carboxylic acids is 1. The Labute approximate surface area is 112 Å². The first-order valence-corrected chi connectivity index (χ1v) is 9.90. The van der Waals surface area contributed by atoms with E-state index in [-0.39, 0.29) is 11.5 Å². The highest BCUT2D eigenvalue weighted by Crippen LogP contribution is 2.39. The van der Waals surface area contributed by atoms with E-state index < -0.39 is 14.3 Å². The highest BCUT2D eigenvalue weighted by atomic mass is 28.4. The maximum Gasteiger partial charge on any atom is 0.192 e. The SMILES string of the molecule is CC(C)(C)[Si](C)(C)OC1CCC(CC(=O)[O-])CC1. The van der Waals surface area contributed by atoms with Gasteiger partial charge in [0.15, 0.2) is 8.32 Å². The Balaban J connectivity index is 2.42. The molecule has 4 heteroatoms. The van der Waals surface area contributed by atoms with Crippen molar-refractivity contribution in [2.45, 2.75) is 77.1 Å². The number of aliphatic carboxylic acids is 1. The topological polar surface area (TPSA) is 49.4 Å². The van der Waals surface area contributed by atoms with Gasteiger partial charge in [0.25, 0.3) is 0 Å². The Kier molecular flexibility index (Phi) is 5.01. The third kappa shape index (κ3) is 4.39. The van der Waals surface area contributed by atoms with Crippen LogP contribution in [0, 0.1) is 5.92 Å². The summed E-state index contributed by atoms with van der Waals surface area (Å²) in [6.07, 6.45) is 4.49. The summed E-state index contributed by atoms with van der Waals surface area (Å²) in [6.45, 7) is 11.3. The van der Waals surface area contributed by atoms with E-state index in [0.717, 1.165) is 25.7 Å². The minimum absolute atomic E-state index is 0.215. The van der Waals surface area contributed by atoms with Gasteiger partial charge >= 0.3 is 0 Å². The monoisotopic (exact) mass is 271 g/mol. The van der Waals surface area contributed by atoms with E-state index in [2.05, 4.69) is 33.9 Å². The van der Waals surface area contributed by atoms with Gasteiger partial charge in [-0.15, -0.1) is 0 Å². The lowest BCUT2D eigenvalue weighted by molar-refractivity contribution is -0.307. The van der Waals surface area contributed by atoms with E-state index in [0.29, 0.717) is 12.0 Å². The molecule has 0 heterocycles. The van der Waals surface area contributed by atoms with Crippen LogP contribution in [-0.2, 0) is 9.22 Å². The lowest BCUT2D eigenvalue weighted by Crippen LogP contribution is -2.44. The lowest BCUT2D eigenvalue weighted by atomic mass is 9.85. The van der Waals surface area contributed by atoms with Crippen molar-refractivity contribution in [2.24, 2.45) is 5.92 Å². The van der Waals surface area contributed by atoms with Gasteiger partial charge < -0.3 is 14.3 Å². The molecular formula is C14H27O3Si-. The first kappa shape index (κ1) is 15.7. The van der Waals surface area contributed by atoms with Gasteiger partial charge in [0.1, 0.15) is 0 Å². The smallest absolute Gasteiger partial charge is 0.192 e. The van der Waals surface area contributed by atoms with Crippen LogP contribution in [0.25, 0.3) is 0 Å². The predicted octanol–water partition coefficient (Wildman–Crippen LogP) is 2.71. The quantitative estimate of drug-likeness (QED) is 0.739. The van der Waals surface area contributed by atoms with Gasteiger partial charge in [-0.3, -0.25) is 0 Å². The van der Waals surface area contributed by atoms with Crippen LogP contribution in [0.2, 0.25) is 18.1 Å². The van der Waals surface area contributed by atoms with Gasteiger partial charge in [-0.25, -0.2) is 0 Å². The maximum atomic E-state index is 10.6. The third-order valence-electron chi connectivity index (χ3n) is 4.52. The molecule has 0 unspecified atom stereocenters. The number of hydrogen-bond acceptors (Lipinski definition) is 3. The molecule has 1 saturated carbocycles. The van der Waals surface area contributed by atoms with Crippen LogP contribution in [0.1, 0.15) is 52.9 Å². The second-order valence-corrected chi connectivity index (χ2v) is 11.9. The zero-order chi connectivity index (χ0) is 14.0. The number of carbonyl (C=O) groups is 1. The molecule has 0 N–H and O–H groups in total. The van der Waals surface area contributed by atoms with Crippen molar-refractivity contribution in [1.29, 1.82) is 0 Å². The second kappa shape index (κ2) is 5.74. The summed E-state index contributed by atoms with van der Waals surface area (Å²) in [4.78, 5) is 10.6. The van der Waals surface area contributed by atoms with Crippen molar-refractivity contribution in [1.82, 2.24) is 0 Å². The van der Waals surface area contributed by atoms with Crippen LogP contribution in [0.3, 0.4) is 0 Å². The molecule has 0 aromatic carbocycles. The Hall–Kier alpha value is -0.353. The Morgan fingerprint density at radius 3 is 2.11 bits per heavy atom. The summed E-state index contributed by atoms with van der Waals surface area (Å²) < 4.78 is 6.37. The highest BCUT2D eigenvalue weighted by Gasteiger charge is 2.39. The maximum absolute atomic E-state index is 10.6. The van der Waals surface area contributed by atoms with Crippen LogP contribution in [0.4, 0.5) is 0 Å². The van der Waals surface area contributed by atoms with E-state index in [9.17, 15) is 9.90 Å². The largest absolute Gasteiger partial charge is 0.550 e. The van der Waals surface area contributed by atoms with Gasteiger partial charge in [0.2, 0.25) is 0 Å². The van der Waals surface area contributed by atoms with Crippen LogP contribution in [-0.4, -0.2) is 20.4 Å². The third-order valence-corrected chi connectivity index (χ3v) is 9.05. The van der Waals surface area contributed by atoms with Crippen molar-refractivity contribution < 1.29 is 14.3 Å². The standard InChI is InChI=1S/C14H28O3Si/c1-14(2,3)18(4,5)17-12-8-6-11(7-9-12)10-13(15)16/h11-12H,6-10H2,1-5H3,(H,15,16)/p-1. The fourth-order valence-electron chi connectivity index (χ4n) is 2.28. The van der Waals surface area contributed by atoms with Crippen molar-refractivity contribution >= 4 is 14.3 Å². The van der Waals surface area contributed by atoms with E-state index in [1.54, 1.807) is 0 Å². The molecule has 1 rings (SSSR count). The zero-order valence-corrected chi connectivity index (χ0v) is 13.4. The van der Waals surface area contributed by atoms with Crippen LogP contribution in [0.5, 0.6) is 0 Å². The Morgan fingerprint density at radius 2 is 1.72 bits per heavy atom. The van der Waals surface area contributed by atoms with E-state index in [4.69, 9.17) is 4.43 Å². The Morgan fingerprint density at radius 1 is 1.22 bits per heavy atom. The summed E-state index contributed by atoms with van der Waals surface area (Å²) in [5.41, 5.74) is 0. The molecule has 0 atom stereocenters. The average Bonchev–Trinajstić information content (AvgIpc) is 2.18. The molecule has 0 aromatic heterocycles. The molecule has 0 spiro atoms. The van der Waals surface area contributed by atoms with Gasteiger partial charge in [0.05, 0.1) is 0 Å². The average molecular weight is 271 g/mol. The van der Waals surface area contributed by atoms with Crippen LogP contribution < -0.4 is 5.11 Å². The lowest BCUT2D eigenvalue weighted by Gasteiger charge is -2.41. The van der Waals surface area contributed by atoms with Crippen molar-refractivity contribution in [3.63, 3.8) is 0 Å². The minimum Gasteiger partial charge on any atom is -0.550 e. The second-order valence-electron chi connectivity index (χ2n) is 7.10. The molecule has 0 aromatic rings. The van der Waals surface area contributed by atoms with Gasteiger partial charge in [0, 0.05) is 12.1 Å². The van der Waals surface area contributed by atoms with E-state index in [1.807, 2.05) is 0 Å². The molecule has 0 radical (unpaired) electrons. The molecule has 0 aliphatic heterocycles. The summed E-state index contributed by atoms with van der Waals surface area (Å²) in [6, 6.07) is 0. The fraction of sp³-hybridized carbons (Fsp3) is 0.929. The van der Waals surface area contributed by atoms with Crippen LogP contribution >= 0.6 is 0 Å². The molecule has 18 heavy (non-hydrogen) atoms. The van der Waals surface area contributed by atoms with Crippen molar-refractivity contribution in [2.75, 3.05) is 0 Å². The zero-order valence-electron chi connectivity index (χ0n) is 12.4. The molecule has 0 amide bonds.